The van der Waals surface area contributed by atoms with Crippen molar-refractivity contribution in [3.63, 3.8) is 0 Å². The second-order valence-corrected chi connectivity index (χ2v) is 14.1. The molecular weight excluding hydrogens is 701 g/mol. The van der Waals surface area contributed by atoms with Crippen molar-refractivity contribution in [2.24, 2.45) is 0 Å². The molecule has 8 aromatic carbocycles. The Labute approximate surface area is 342 Å². The van der Waals surface area contributed by atoms with Crippen molar-refractivity contribution in [1.82, 2.24) is 0 Å². The first-order chi connectivity index (χ1) is 28.7. The highest BCUT2D eigenvalue weighted by atomic mass is 16.5. The van der Waals surface area contributed by atoms with Gasteiger partial charge in [0, 0.05) is 5.56 Å². The van der Waals surface area contributed by atoms with Crippen LogP contribution in [0.5, 0.6) is 5.75 Å². The maximum atomic E-state index is 5.99. The molecule has 0 aliphatic carbocycles. The van der Waals surface area contributed by atoms with E-state index in [9.17, 15) is 0 Å². The standard InChI is InChI=1S/C57H44O/c1-58-57-42-52(37-35-43-27-31-45(32-28-43)39-54(47-17-7-2-8-18-47)48-19-9-3-10-20-48)56(51-25-15-6-16-26-51)41-53(57)38-36-44-29-33-46(34-30-44)40-55(49-21-11-4-12-22-49)50-23-13-5-14-24-50/h2-42H,1H3. The predicted molar refractivity (Wildman–Crippen MR) is 249 cm³/mol. The molecule has 1 heteroatoms. The van der Waals surface area contributed by atoms with Crippen molar-refractivity contribution >= 4 is 47.6 Å². The molecule has 0 N–H and O–H groups in total. The molecule has 8 rings (SSSR count). The minimum Gasteiger partial charge on any atom is -0.496 e. The van der Waals surface area contributed by atoms with Crippen LogP contribution in [0, 0.1) is 0 Å². The quantitative estimate of drug-likeness (QED) is 0.113. The third-order valence-corrected chi connectivity index (χ3v) is 10.2. The summed E-state index contributed by atoms with van der Waals surface area (Å²) in [5, 5.41) is 0. The van der Waals surface area contributed by atoms with Crippen molar-refractivity contribution < 1.29 is 4.74 Å². The molecule has 0 amide bonds. The molecule has 0 fully saturated rings. The Hall–Kier alpha value is -7.48. The Morgan fingerprint density at radius 1 is 0.345 bits per heavy atom. The van der Waals surface area contributed by atoms with E-state index >= 15 is 0 Å². The molecule has 0 radical (unpaired) electrons. The Kier molecular flexibility index (Phi) is 11.9. The second-order valence-electron chi connectivity index (χ2n) is 14.1. The summed E-state index contributed by atoms with van der Waals surface area (Å²) < 4.78 is 5.99. The van der Waals surface area contributed by atoms with Gasteiger partial charge >= 0.3 is 0 Å². The molecular formula is C57H44O. The number of ether oxygens (including phenoxy) is 1. The Balaban J connectivity index is 1.06. The molecule has 1 nitrogen and oxygen atoms in total. The van der Waals surface area contributed by atoms with Gasteiger partial charge in [-0.2, -0.15) is 0 Å². The van der Waals surface area contributed by atoms with E-state index in [0.29, 0.717) is 0 Å². The molecule has 0 aromatic heterocycles. The Morgan fingerprint density at radius 2 is 0.690 bits per heavy atom. The van der Waals surface area contributed by atoms with Gasteiger partial charge in [0.1, 0.15) is 5.75 Å². The van der Waals surface area contributed by atoms with Crippen LogP contribution in [-0.2, 0) is 0 Å². The first-order valence-electron chi connectivity index (χ1n) is 19.7. The van der Waals surface area contributed by atoms with Crippen LogP contribution in [0.4, 0.5) is 0 Å². The van der Waals surface area contributed by atoms with Crippen molar-refractivity contribution in [2.45, 2.75) is 0 Å². The van der Waals surface area contributed by atoms with Gasteiger partial charge < -0.3 is 4.74 Å². The minimum absolute atomic E-state index is 0.820. The topological polar surface area (TPSA) is 9.23 Å². The molecule has 0 unspecified atom stereocenters. The summed E-state index contributed by atoms with van der Waals surface area (Å²) in [6.45, 7) is 0. The molecule has 278 valence electrons. The average Bonchev–Trinajstić information content (AvgIpc) is 3.30. The molecule has 0 saturated heterocycles. The van der Waals surface area contributed by atoms with Crippen molar-refractivity contribution in [3.05, 3.63) is 268 Å². The molecule has 0 heterocycles. The first-order valence-corrected chi connectivity index (χ1v) is 19.7. The zero-order valence-electron chi connectivity index (χ0n) is 32.6. The van der Waals surface area contributed by atoms with Crippen molar-refractivity contribution in [1.29, 1.82) is 0 Å². The van der Waals surface area contributed by atoms with Crippen LogP contribution < -0.4 is 4.74 Å². The van der Waals surface area contributed by atoms with Gasteiger partial charge in [-0.05, 0) is 96.6 Å². The highest BCUT2D eigenvalue weighted by Gasteiger charge is 2.11. The van der Waals surface area contributed by atoms with Crippen LogP contribution in [0.1, 0.15) is 55.6 Å². The maximum absolute atomic E-state index is 5.99. The number of benzene rings is 8. The number of methoxy groups -OCH3 is 1. The fourth-order valence-electron chi connectivity index (χ4n) is 7.17. The van der Waals surface area contributed by atoms with Gasteiger partial charge in [0.25, 0.3) is 0 Å². The van der Waals surface area contributed by atoms with E-state index in [1.165, 1.54) is 33.4 Å². The van der Waals surface area contributed by atoms with Crippen molar-refractivity contribution in [2.75, 3.05) is 7.11 Å². The SMILES string of the molecule is COc1cc(C=Cc2ccc(C=C(c3ccccc3)c3ccccc3)cc2)c(-c2ccccc2)cc1C=Cc1ccc(C=C(c2ccccc2)c2ccccc2)cc1. The maximum Gasteiger partial charge on any atom is 0.126 e. The van der Waals surface area contributed by atoms with Gasteiger partial charge in [0.15, 0.2) is 0 Å². The molecule has 0 spiro atoms. The lowest BCUT2D eigenvalue weighted by Crippen LogP contribution is -1.92. The monoisotopic (exact) mass is 744 g/mol. The third-order valence-electron chi connectivity index (χ3n) is 10.2. The molecule has 8 aromatic rings. The molecule has 0 aliphatic heterocycles. The summed E-state index contributed by atoms with van der Waals surface area (Å²) in [5.74, 6) is 0.820. The lowest BCUT2D eigenvalue weighted by atomic mass is 9.94. The molecule has 0 bridgehead atoms. The first kappa shape index (κ1) is 37.4. The van der Waals surface area contributed by atoms with Crippen LogP contribution in [0.15, 0.2) is 212 Å². The number of hydrogen-bond acceptors (Lipinski definition) is 1. The van der Waals surface area contributed by atoms with Crippen LogP contribution in [0.25, 0.3) is 58.7 Å². The summed E-state index contributed by atoms with van der Waals surface area (Å²) in [4.78, 5) is 0. The summed E-state index contributed by atoms with van der Waals surface area (Å²) in [7, 11) is 1.74. The van der Waals surface area contributed by atoms with Crippen LogP contribution >= 0.6 is 0 Å². The van der Waals surface area contributed by atoms with E-state index in [2.05, 4.69) is 249 Å². The third kappa shape index (κ3) is 9.30. The van der Waals surface area contributed by atoms with E-state index in [1.807, 2.05) is 0 Å². The van der Waals surface area contributed by atoms with E-state index in [1.54, 1.807) is 7.11 Å². The molecule has 0 aliphatic rings. The summed E-state index contributed by atoms with van der Waals surface area (Å²) in [6.07, 6.45) is 13.2. The Bertz CT molecular complexity index is 2590. The number of rotatable bonds is 12. The van der Waals surface area contributed by atoms with E-state index in [4.69, 9.17) is 4.74 Å². The summed E-state index contributed by atoms with van der Waals surface area (Å²) in [6, 6.07) is 74.6. The van der Waals surface area contributed by atoms with E-state index in [-0.39, 0.29) is 0 Å². The Morgan fingerprint density at radius 3 is 1.07 bits per heavy atom. The van der Waals surface area contributed by atoms with Gasteiger partial charge in [-0.15, -0.1) is 0 Å². The van der Waals surface area contributed by atoms with E-state index in [0.717, 1.165) is 50.3 Å². The highest BCUT2D eigenvalue weighted by Crippen LogP contribution is 2.34. The average molecular weight is 745 g/mol. The van der Waals surface area contributed by atoms with Gasteiger partial charge in [0.05, 0.1) is 7.11 Å². The van der Waals surface area contributed by atoms with Gasteiger partial charge in [-0.3, -0.25) is 0 Å². The van der Waals surface area contributed by atoms with Crippen LogP contribution in [0.2, 0.25) is 0 Å². The van der Waals surface area contributed by atoms with Crippen LogP contribution in [-0.4, -0.2) is 7.11 Å². The zero-order chi connectivity index (χ0) is 39.4. The zero-order valence-corrected chi connectivity index (χ0v) is 32.6. The number of hydrogen-bond donors (Lipinski definition) is 0. The predicted octanol–water partition coefficient (Wildman–Crippen LogP) is 14.9. The van der Waals surface area contributed by atoms with Gasteiger partial charge in [-0.25, -0.2) is 0 Å². The molecule has 0 atom stereocenters. The second kappa shape index (κ2) is 18.4. The molecule has 58 heavy (non-hydrogen) atoms. The fraction of sp³-hybridized carbons (Fsp3) is 0.0175. The highest BCUT2D eigenvalue weighted by molar-refractivity contribution is 5.93. The minimum atomic E-state index is 0.820. The summed E-state index contributed by atoms with van der Waals surface area (Å²) in [5.41, 5.74) is 16.1. The lowest BCUT2D eigenvalue weighted by molar-refractivity contribution is 0.414. The largest absolute Gasteiger partial charge is 0.496 e. The van der Waals surface area contributed by atoms with Crippen molar-refractivity contribution in [3.8, 4) is 16.9 Å². The van der Waals surface area contributed by atoms with Gasteiger partial charge in [0.2, 0.25) is 0 Å². The van der Waals surface area contributed by atoms with E-state index < -0.39 is 0 Å². The molecule has 0 saturated carbocycles. The summed E-state index contributed by atoms with van der Waals surface area (Å²) >= 11 is 0. The van der Waals surface area contributed by atoms with Crippen LogP contribution in [0.3, 0.4) is 0 Å². The smallest absolute Gasteiger partial charge is 0.126 e. The normalized spacial score (nSPS) is 11.1. The van der Waals surface area contributed by atoms with Gasteiger partial charge in [-0.1, -0.05) is 224 Å². The fourth-order valence-corrected chi connectivity index (χ4v) is 7.17. The lowest BCUT2D eigenvalue weighted by Gasteiger charge is -2.13.